The molecule has 0 radical (unpaired) electrons. The lowest BCUT2D eigenvalue weighted by atomic mass is 9.93. The number of nitrogens with one attached hydrogen (secondary N) is 1. The molecule has 0 aliphatic carbocycles. The molecule has 0 spiro atoms. The molecule has 1 atom stereocenters. The second kappa shape index (κ2) is 6.61. The average molecular weight is 228 g/mol. The van der Waals surface area contributed by atoms with E-state index >= 15 is 0 Å². The average Bonchev–Trinajstić information content (AvgIpc) is 2.16. The van der Waals surface area contributed by atoms with Gasteiger partial charge in [0.05, 0.1) is 0 Å². The van der Waals surface area contributed by atoms with Gasteiger partial charge in [-0.15, -0.1) is 0 Å². The Morgan fingerprint density at radius 1 is 1.12 bits per heavy atom. The number of likely N-dealkylation sites (N-methyl/N-ethyl adjacent to an activating group) is 1. The fraction of sp³-hybridized carbons (Fsp3) is 1.00. The first-order valence-electron chi connectivity index (χ1n) is 6.68. The lowest BCUT2D eigenvalue weighted by Gasteiger charge is -2.43. The third-order valence-corrected chi connectivity index (χ3v) is 3.82. The molecule has 1 N–H and O–H groups in total. The highest BCUT2D eigenvalue weighted by Crippen LogP contribution is 2.22. The molecule has 0 heterocycles. The van der Waals surface area contributed by atoms with Gasteiger partial charge < -0.3 is 5.32 Å². The molecule has 98 valence electrons. The first-order valence-corrected chi connectivity index (χ1v) is 6.68. The lowest BCUT2D eigenvalue weighted by molar-refractivity contribution is 0.0698. The van der Waals surface area contributed by atoms with Crippen molar-refractivity contribution in [3.05, 3.63) is 0 Å². The third-order valence-electron chi connectivity index (χ3n) is 3.82. The van der Waals surface area contributed by atoms with Gasteiger partial charge in [0.15, 0.2) is 0 Å². The Morgan fingerprint density at radius 2 is 1.62 bits per heavy atom. The van der Waals surface area contributed by atoms with Crippen molar-refractivity contribution in [2.75, 3.05) is 13.6 Å². The summed E-state index contributed by atoms with van der Waals surface area (Å²) in [5, 5.41) is 3.56. The normalized spacial score (nSPS) is 15.2. The summed E-state index contributed by atoms with van der Waals surface area (Å²) in [6.07, 6.45) is 1.19. The van der Waals surface area contributed by atoms with E-state index in [1.807, 2.05) is 0 Å². The van der Waals surface area contributed by atoms with E-state index in [1.165, 1.54) is 6.42 Å². The second-order valence-electron chi connectivity index (χ2n) is 6.15. The minimum atomic E-state index is 0.285. The maximum absolute atomic E-state index is 3.56. The fourth-order valence-corrected chi connectivity index (χ4v) is 1.87. The number of hydrogen-bond acceptors (Lipinski definition) is 2. The molecule has 0 aromatic heterocycles. The van der Waals surface area contributed by atoms with Crippen molar-refractivity contribution < 1.29 is 0 Å². The molecule has 0 aliphatic rings. The molecular formula is C14H32N2. The third kappa shape index (κ3) is 4.84. The predicted octanol–water partition coefficient (Wildman–Crippen LogP) is 3.13. The van der Waals surface area contributed by atoms with Crippen molar-refractivity contribution in [3.63, 3.8) is 0 Å². The summed E-state index contributed by atoms with van der Waals surface area (Å²) in [7, 11) is 2.26. The van der Waals surface area contributed by atoms with Gasteiger partial charge in [-0.05, 0) is 33.2 Å². The Balaban J connectivity index is 4.53. The molecular weight excluding hydrogens is 196 g/mol. The molecule has 0 amide bonds. The number of hydrogen-bond donors (Lipinski definition) is 1. The van der Waals surface area contributed by atoms with Gasteiger partial charge in [-0.3, -0.25) is 4.90 Å². The summed E-state index contributed by atoms with van der Waals surface area (Å²) < 4.78 is 0. The topological polar surface area (TPSA) is 15.3 Å². The lowest BCUT2D eigenvalue weighted by Crippen LogP contribution is -2.53. The maximum Gasteiger partial charge on any atom is 0.0245 e. The molecule has 1 unspecified atom stereocenters. The highest BCUT2D eigenvalue weighted by atomic mass is 15.2. The van der Waals surface area contributed by atoms with E-state index in [0.29, 0.717) is 18.0 Å². The Morgan fingerprint density at radius 3 is 1.94 bits per heavy atom. The molecule has 2 nitrogen and oxygen atoms in total. The second-order valence-corrected chi connectivity index (χ2v) is 6.15. The van der Waals surface area contributed by atoms with E-state index in [4.69, 9.17) is 0 Å². The Hall–Kier alpha value is -0.0800. The summed E-state index contributed by atoms with van der Waals surface area (Å²) in [4.78, 5) is 2.53. The first-order chi connectivity index (χ1) is 7.22. The quantitative estimate of drug-likeness (QED) is 0.720. The van der Waals surface area contributed by atoms with Crippen molar-refractivity contribution in [1.29, 1.82) is 0 Å². The van der Waals surface area contributed by atoms with Crippen molar-refractivity contribution in [2.24, 2.45) is 5.92 Å². The smallest absolute Gasteiger partial charge is 0.0245 e. The van der Waals surface area contributed by atoms with Crippen LogP contribution in [0.3, 0.4) is 0 Å². The number of nitrogens with zero attached hydrogens (tertiary/aromatic N) is 1. The summed E-state index contributed by atoms with van der Waals surface area (Å²) in [5.41, 5.74) is 0.285. The van der Waals surface area contributed by atoms with E-state index in [2.05, 4.69) is 65.7 Å². The van der Waals surface area contributed by atoms with Crippen LogP contribution in [0.1, 0.15) is 54.9 Å². The van der Waals surface area contributed by atoms with Crippen molar-refractivity contribution in [2.45, 2.75) is 72.5 Å². The van der Waals surface area contributed by atoms with E-state index in [1.54, 1.807) is 0 Å². The van der Waals surface area contributed by atoms with E-state index in [9.17, 15) is 0 Å². The van der Waals surface area contributed by atoms with Crippen LogP contribution in [0.4, 0.5) is 0 Å². The molecule has 0 aromatic carbocycles. The highest BCUT2D eigenvalue weighted by molar-refractivity contribution is 4.86. The minimum absolute atomic E-state index is 0.285. The van der Waals surface area contributed by atoms with Gasteiger partial charge in [-0.2, -0.15) is 0 Å². The molecule has 16 heavy (non-hydrogen) atoms. The summed E-state index contributed by atoms with van der Waals surface area (Å²) >= 11 is 0. The van der Waals surface area contributed by atoms with Crippen molar-refractivity contribution >= 4 is 0 Å². The van der Waals surface area contributed by atoms with Crippen molar-refractivity contribution in [3.8, 4) is 0 Å². The monoisotopic (exact) mass is 228 g/mol. The molecule has 0 saturated carbocycles. The summed E-state index contributed by atoms with van der Waals surface area (Å²) in [6, 6.07) is 1.18. The molecule has 0 aromatic rings. The van der Waals surface area contributed by atoms with E-state index < -0.39 is 0 Å². The predicted molar refractivity (Wildman–Crippen MR) is 73.9 cm³/mol. The van der Waals surface area contributed by atoms with Gasteiger partial charge in [0.25, 0.3) is 0 Å². The molecule has 0 bridgehead atoms. The summed E-state index contributed by atoms with van der Waals surface area (Å²) in [5.74, 6) is 0.682. The van der Waals surface area contributed by atoms with Crippen LogP contribution in [0.15, 0.2) is 0 Å². The van der Waals surface area contributed by atoms with Gasteiger partial charge in [0.2, 0.25) is 0 Å². The summed E-state index contributed by atoms with van der Waals surface area (Å²) in [6.45, 7) is 17.1. The first kappa shape index (κ1) is 15.9. The zero-order valence-corrected chi connectivity index (χ0v) is 12.6. The molecule has 0 aliphatic heterocycles. The minimum Gasteiger partial charge on any atom is -0.313 e. The van der Waals surface area contributed by atoms with Crippen LogP contribution >= 0.6 is 0 Å². The van der Waals surface area contributed by atoms with Gasteiger partial charge >= 0.3 is 0 Å². The van der Waals surface area contributed by atoms with E-state index in [-0.39, 0.29) is 5.54 Å². The van der Waals surface area contributed by atoms with Crippen molar-refractivity contribution in [1.82, 2.24) is 10.2 Å². The fourth-order valence-electron chi connectivity index (χ4n) is 1.87. The maximum atomic E-state index is 3.56. The van der Waals surface area contributed by atoms with Gasteiger partial charge in [0, 0.05) is 24.2 Å². The van der Waals surface area contributed by atoms with Crippen LogP contribution in [-0.4, -0.2) is 36.1 Å². The van der Waals surface area contributed by atoms with Gasteiger partial charge in [-0.25, -0.2) is 0 Å². The van der Waals surface area contributed by atoms with Gasteiger partial charge in [0.1, 0.15) is 0 Å². The zero-order chi connectivity index (χ0) is 12.9. The van der Waals surface area contributed by atoms with Crippen LogP contribution in [-0.2, 0) is 0 Å². The van der Waals surface area contributed by atoms with Gasteiger partial charge in [-0.1, -0.05) is 34.6 Å². The van der Waals surface area contributed by atoms with E-state index in [0.717, 1.165) is 6.54 Å². The number of rotatable bonds is 7. The Bertz CT molecular complexity index is 185. The highest BCUT2D eigenvalue weighted by Gasteiger charge is 2.29. The Labute approximate surface area is 103 Å². The molecule has 2 heteroatoms. The SMILES string of the molecule is CCC(C)(C)N(C)C(CNC(C)C)C(C)C. The molecule has 0 saturated heterocycles. The van der Waals surface area contributed by atoms with Crippen LogP contribution in [0.25, 0.3) is 0 Å². The van der Waals surface area contributed by atoms with Crippen LogP contribution < -0.4 is 5.32 Å². The largest absolute Gasteiger partial charge is 0.313 e. The molecule has 0 rings (SSSR count). The van der Waals surface area contributed by atoms with Crippen LogP contribution in [0, 0.1) is 5.92 Å². The van der Waals surface area contributed by atoms with Crippen LogP contribution in [0.5, 0.6) is 0 Å². The molecule has 0 fully saturated rings. The zero-order valence-electron chi connectivity index (χ0n) is 12.6. The Kier molecular flexibility index (Phi) is 6.57. The standard InChI is InChI=1S/C14H32N2/c1-9-14(6,7)16(8)13(11(2)3)10-15-12(4)5/h11-13,15H,9-10H2,1-8H3. The van der Waals surface area contributed by atoms with Crippen LogP contribution in [0.2, 0.25) is 0 Å².